The molecule has 0 bridgehead atoms. The van der Waals surface area contributed by atoms with Crippen molar-refractivity contribution in [3.63, 3.8) is 0 Å². The summed E-state index contributed by atoms with van der Waals surface area (Å²) in [4.78, 5) is 21.0. The molecule has 11 heavy (non-hydrogen) atoms. The maximum Gasteiger partial charge on any atom is 0.237 e. The van der Waals surface area contributed by atoms with Crippen LogP contribution in [0.5, 0.6) is 0 Å². The summed E-state index contributed by atoms with van der Waals surface area (Å²) in [5, 5.41) is 2.36. The lowest BCUT2D eigenvalue weighted by atomic mass is 10.3. The molecule has 0 aromatic heterocycles. The minimum Gasteiger partial charge on any atom is -0.344 e. The standard InChI is InChI=1S/C6H13N3O2/c1-4(8)6(11)9-5(2-7)3-10/h3-5H,2,7-8H2,1H3,(H,9,11)/t4-,5-/m0/s1. The number of rotatable bonds is 4. The Morgan fingerprint density at radius 1 is 1.73 bits per heavy atom. The first-order valence-electron chi connectivity index (χ1n) is 3.33. The SMILES string of the molecule is C[C@H](N)C(=O)N[C@H](C=O)CN. The topological polar surface area (TPSA) is 98.2 Å². The number of hydrogen-bond donors (Lipinski definition) is 3. The number of aldehydes is 1. The highest BCUT2D eigenvalue weighted by Gasteiger charge is 2.11. The Morgan fingerprint density at radius 2 is 2.27 bits per heavy atom. The number of nitrogens with two attached hydrogens (primary N) is 2. The Balaban J connectivity index is 3.81. The zero-order chi connectivity index (χ0) is 8.85. The molecule has 0 fully saturated rings. The first kappa shape index (κ1) is 10.1. The molecule has 1 amide bonds. The second-order valence-electron chi connectivity index (χ2n) is 2.28. The summed E-state index contributed by atoms with van der Waals surface area (Å²) in [6, 6.07) is -1.22. The molecule has 0 aromatic carbocycles. The Kier molecular flexibility index (Phi) is 4.40. The Hall–Kier alpha value is -0.940. The van der Waals surface area contributed by atoms with Gasteiger partial charge in [-0.25, -0.2) is 0 Å². The number of nitrogens with one attached hydrogen (secondary N) is 1. The Bertz CT molecular complexity index is 147. The third-order valence-corrected chi connectivity index (χ3v) is 1.16. The van der Waals surface area contributed by atoms with Crippen LogP contribution in [0, 0.1) is 0 Å². The number of carbonyl (C=O) groups is 2. The Labute approximate surface area is 65.1 Å². The van der Waals surface area contributed by atoms with Gasteiger partial charge in [0.25, 0.3) is 0 Å². The summed E-state index contributed by atoms with van der Waals surface area (Å²) in [6.07, 6.45) is 0.584. The lowest BCUT2D eigenvalue weighted by Gasteiger charge is -2.11. The molecule has 0 unspecified atom stereocenters. The van der Waals surface area contributed by atoms with Crippen LogP contribution in [0.15, 0.2) is 0 Å². The van der Waals surface area contributed by atoms with E-state index in [0.29, 0.717) is 6.29 Å². The molecule has 2 atom stereocenters. The Morgan fingerprint density at radius 3 is 2.55 bits per heavy atom. The van der Waals surface area contributed by atoms with Crippen LogP contribution < -0.4 is 16.8 Å². The van der Waals surface area contributed by atoms with Crippen molar-refractivity contribution in [3.8, 4) is 0 Å². The molecule has 0 heterocycles. The van der Waals surface area contributed by atoms with Crippen molar-refractivity contribution in [1.82, 2.24) is 5.32 Å². The van der Waals surface area contributed by atoms with Crippen molar-refractivity contribution in [3.05, 3.63) is 0 Å². The second kappa shape index (κ2) is 4.81. The van der Waals surface area contributed by atoms with Crippen molar-refractivity contribution in [1.29, 1.82) is 0 Å². The summed E-state index contributed by atoms with van der Waals surface area (Å²) in [7, 11) is 0. The summed E-state index contributed by atoms with van der Waals surface area (Å²) >= 11 is 0. The summed E-state index contributed by atoms with van der Waals surface area (Å²) in [5.74, 6) is -0.368. The van der Waals surface area contributed by atoms with E-state index in [1.54, 1.807) is 0 Å². The van der Waals surface area contributed by atoms with E-state index in [1.165, 1.54) is 6.92 Å². The predicted octanol–water partition coefficient (Wildman–Crippen LogP) is -2.02. The van der Waals surface area contributed by atoms with Crippen LogP contribution in [0.1, 0.15) is 6.92 Å². The highest BCUT2D eigenvalue weighted by Crippen LogP contribution is 1.78. The van der Waals surface area contributed by atoms with E-state index in [9.17, 15) is 9.59 Å². The van der Waals surface area contributed by atoms with Crippen molar-refractivity contribution in [2.75, 3.05) is 6.54 Å². The third-order valence-electron chi connectivity index (χ3n) is 1.16. The molecule has 5 heteroatoms. The first-order valence-corrected chi connectivity index (χ1v) is 3.33. The monoisotopic (exact) mass is 159 g/mol. The quantitative estimate of drug-likeness (QED) is 0.412. The summed E-state index contributed by atoms with van der Waals surface area (Å²) < 4.78 is 0. The van der Waals surface area contributed by atoms with Crippen LogP contribution in [0.3, 0.4) is 0 Å². The van der Waals surface area contributed by atoms with Gasteiger partial charge in [0.05, 0.1) is 12.1 Å². The molecule has 0 aliphatic carbocycles. The molecule has 0 aliphatic rings. The molecule has 64 valence electrons. The highest BCUT2D eigenvalue weighted by molar-refractivity contribution is 5.83. The van der Waals surface area contributed by atoms with Gasteiger partial charge in [0.15, 0.2) is 0 Å². The molecule has 0 spiro atoms. The van der Waals surface area contributed by atoms with Gasteiger partial charge in [-0.1, -0.05) is 0 Å². The molecule has 0 aromatic rings. The summed E-state index contributed by atoms with van der Waals surface area (Å²) in [5.41, 5.74) is 10.4. The minimum atomic E-state index is -0.617. The van der Waals surface area contributed by atoms with Gasteiger partial charge in [-0.05, 0) is 6.92 Å². The molecule has 5 N–H and O–H groups in total. The molecule has 5 nitrogen and oxygen atoms in total. The fraction of sp³-hybridized carbons (Fsp3) is 0.667. The smallest absolute Gasteiger partial charge is 0.237 e. The lowest BCUT2D eigenvalue weighted by Crippen LogP contribution is -2.47. The van der Waals surface area contributed by atoms with Gasteiger partial charge in [0.2, 0.25) is 5.91 Å². The van der Waals surface area contributed by atoms with Gasteiger partial charge in [-0.2, -0.15) is 0 Å². The van der Waals surface area contributed by atoms with Crippen LogP contribution in [-0.2, 0) is 9.59 Å². The van der Waals surface area contributed by atoms with Crippen LogP contribution in [0.4, 0.5) is 0 Å². The largest absolute Gasteiger partial charge is 0.344 e. The van der Waals surface area contributed by atoms with Crippen LogP contribution in [0.2, 0.25) is 0 Å². The van der Waals surface area contributed by atoms with E-state index in [0.717, 1.165) is 0 Å². The molecule has 0 saturated heterocycles. The summed E-state index contributed by atoms with van der Waals surface area (Å²) in [6.45, 7) is 1.63. The van der Waals surface area contributed by atoms with E-state index in [-0.39, 0.29) is 12.5 Å². The van der Waals surface area contributed by atoms with Gasteiger partial charge >= 0.3 is 0 Å². The van der Waals surface area contributed by atoms with Crippen LogP contribution in [-0.4, -0.2) is 30.8 Å². The number of amides is 1. The zero-order valence-electron chi connectivity index (χ0n) is 6.41. The first-order chi connectivity index (χ1) is 5.11. The van der Waals surface area contributed by atoms with Gasteiger partial charge < -0.3 is 21.6 Å². The fourth-order valence-corrected chi connectivity index (χ4v) is 0.463. The molecule has 0 radical (unpaired) electrons. The molecular weight excluding hydrogens is 146 g/mol. The third kappa shape index (κ3) is 3.69. The second-order valence-corrected chi connectivity index (χ2v) is 2.28. The normalized spacial score (nSPS) is 15.2. The van der Waals surface area contributed by atoms with Crippen LogP contribution in [0.25, 0.3) is 0 Å². The number of hydrogen-bond acceptors (Lipinski definition) is 4. The van der Waals surface area contributed by atoms with E-state index < -0.39 is 12.1 Å². The average molecular weight is 159 g/mol. The van der Waals surface area contributed by atoms with E-state index in [2.05, 4.69) is 5.32 Å². The average Bonchev–Trinajstić information content (AvgIpc) is 1.99. The lowest BCUT2D eigenvalue weighted by molar-refractivity contribution is -0.124. The van der Waals surface area contributed by atoms with Gasteiger partial charge in [0, 0.05) is 6.54 Å². The van der Waals surface area contributed by atoms with Crippen molar-refractivity contribution in [2.45, 2.75) is 19.0 Å². The van der Waals surface area contributed by atoms with Gasteiger partial charge in [-0.3, -0.25) is 4.79 Å². The van der Waals surface area contributed by atoms with Crippen molar-refractivity contribution in [2.24, 2.45) is 11.5 Å². The number of carbonyl (C=O) groups excluding carboxylic acids is 2. The molecular formula is C6H13N3O2. The fourth-order valence-electron chi connectivity index (χ4n) is 0.463. The molecule has 0 saturated carbocycles. The highest BCUT2D eigenvalue weighted by atomic mass is 16.2. The molecule has 0 aliphatic heterocycles. The van der Waals surface area contributed by atoms with E-state index in [4.69, 9.17) is 11.5 Å². The van der Waals surface area contributed by atoms with E-state index >= 15 is 0 Å². The van der Waals surface area contributed by atoms with E-state index in [1.807, 2.05) is 0 Å². The minimum absolute atomic E-state index is 0.0992. The van der Waals surface area contributed by atoms with Crippen molar-refractivity contribution >= 4 is 12.2 Å². The maximum absolute atomic E-state index is 10.8. The van der Waals surface area contributed by atoms with Gasteiger partial charge in [-0.15, -0.1) is 0 Å². The van der Waals surface area contributed by atoms with Gasteiger partial charge in [0.1, 0.15) is 6.29 Å². The predicted molar refractivity (Wildman–Crippen MR) is 40.7 cm³/mol. The molecule has 0 rings (SSSR count). The van der Waals surface area contributed by atoms with Crippen molar-refractivity contribution < 1.29 is 9.59 Å². The van der Waals surface area contributed by atoms with Crippen LogP contribution >= 0.6 is 0 Å². The zero-order valence-corrected chi connectivity index (χ0v) is 6.41. The maximum atomic E-state index is 10.8.